The molecule has 0 spiro atoms. The Labute approximate surface area is 141 Å². The largest absolute Gasteiger partial charge is 0.449 e. The first-order valence-corrected chi connectivity index (χ1v) is 7.85. The molecule has 0 N–H and O–H groups in total. The fraction of sp³-hybridized carbons (Fsp3) is 0.333. The van der Waals surface area contributed by atoms with E-state index in [1.54, 1.807) is 12.1 Å². The molecule has 2 nitrogen and oxygen atoms in total. The van der Waals surface area contributed by atoms with Crippen LogP contribution in [0.5, 0.6) is 11.5 Å². The molecule has 1 heterocycles. The first kappa shape index (κ1) is 17.5. The van der Waals surface area contributed by atoms with Crippen LogP contribution in [0.15, 0.2) is 30.3 Å². The van der Waals surface area contributed by atoms with Crippen LogP contribution in [-0.2, 0) is 6.18 Å². The van der Waals surface area contributed by atoms with Crippen molar-refractivity contribution in [2.75, 3.05) is 18.0 Å². The number of hydrogen-bond acceptors (Lipinski definition) is 2. The van der Waals surface area contributed by atoms with E-state index in [4.69, 9.17) is 4.74 Å². The maximum atomic E-state index is 14.0. The van der Waals surface area contributed by atoms with Gasteiger partial charge >= 0.3 is 6.18 Å². The van der Waals surface area contributed by atoms with Crippen molar-refractivity contribution in [2.24, 2.45) is 0 Å². The maximum absolute atomic E-state index is 14.0. The highest BCUT2D eigenvalue weighted by atomic mass is 19.4. The van der Waals surface area contributed by atoms with Gasteiger partial charge in [-0.15, -0.1) is 0 Å². The Hall–Kier alpha value is -2.31. The second-order valence-electron chi connectivity index (χ2n) is 6.03. The number of nitrogens with zero attached hydrogens (tertiary/aromatic N) is 1. The Morgan fingerprint density at radius 1 is 0.960 bits per heavy atom. The van der Waals surface area contributed by atoms with Crippen LogP contribution in [0.2, 0.25) is 0 Å². The Morgan fingerprint density at radius 2 is 1.56 bits per heavy atom. The van der Waals surface area contributed by atoms with Crippen molar-refractivity contribution in [3.8, 4) is 11.5 Å². The van der Waals surface area contributed by atoms with Gasteiger partial charge in [0.1, 0.15) is 0 Å². The van der Waals surface area contributed by atoms with Gasteiger partial charge in [0.25, 0.3) is 0 Å². The first-order valence-electron chi connectivity index (χ1n) is 7.85. The van der Waals surface area contributed by atoms with Crippen molar-refractivity contribution in [3.63, 3.8) is 0 Å². The number of aryl methyl sites for hydroxylation is 1. The highest BCUT2D eigenvalue weighted by Gasteiger charge is 2.33. The summed E-state index contributed by atoms with van der Waals surface area (Å²) in [5.74, 6) is -3.40. The second-order valence-corrected chi connectivity index (χ2v) is 6.03. The number of anilines is 1. The van der Waals surface area contributed by atoms with Crippen molar-refractivity contribution in [1.82, 2.24) is 0 Å². The summed E-state index contributed by atoms with van der Waals surface area (Å²) in [6.45, 7) is 3.46. The molecule has 1 aliphatic rings. The predicted octanol–water partition coefficient (Wildman–Crippen LogP) is 5.68. The van der Waals surface area contributed by atoms with E-state index < -0.39 is 29.1 Å². The Balaban J connectivity index is 1.98. The molecular formula is C18H16F5NO. The van der Waals surface area contributed by atoms with Crippen molar-refractivity contribution in [1.29, 1.82) is 0 Å². The zero-order chi connectivity index (χ0) is 18.2. The molecule has 2 aromatic rings. The number of alkyl halides is 3. The summed E-state index contributed by atoms with van der Waals surface area (Å²) in [7, 11) is 0. The van der Waals surface area contributed by atoms with E-state index in [0.717, 1.165) is 31.5 Å². The molecule has 7 heteroatoms. The Bertz CT molecular complexity index is 759. The SMILES string of the molecule is Cc1ccc(Oc2c(F)cc(C(F)(F)F)cc2F)c(N2CCCC2)c1. The highest BCUT2D eigenvalue weighted by Crippen LogP contribution is 2.39. The van der Waals surface area contributed by atoms with Gasteiger partial charge in [-0.05, 0) is 49.6 Å². The van der Waals surface area contributed by atoms with E-state index >= 15 is 0 Å². The number of hydrogen-bond donors (Lipinski definition) is 0. The average Bonchev–Trinajstić information content (AvgIpc) is 3.05. The molecule has 0 radical (unpaired) electrons. The van der Waals surface area contributed by atoms with Crippen LogP contribution in [0.1, 0.15) is 24.0 Å². The highest BCUT2D eigenvalue weighted by molar-refractivity contribution is 5.61. The summed E-state index contributed by atoms with van der Waals surface area (Å²) in [4.78, 5) is 2.03. The molecule has 0 unspecified atom stereocenters. The van der Waals surface area contributed by atoms with Gasteiger partial charge in [-0.2, -0.15) is 13.2 Å². The molecule has 3 rings (SSSR count). The van der Waals surface area contributed by atoms with E-state index in [1.807, 2.05) is 17.9 Å². The van der Waals surface area contributed by atoms with Crippen LogP contribution < -0.4 is 9.64 Å². The van der Waals surface area contributed by atoms with Gasteiger partial charge in [0.2, 0.25) is 0 Å². The summed E-state index contributed by atoms with van der Waals surface area (Å²) in [6, 6.07) is 5.60. The van der Waals surface area contributed by atoms with Crippen LogP contribution >= 0.6 is 0 Å². The van der Waals surface area contributed by atoms with Gasteiger partial charge in [-0.25, -0.2) is 8.78 Å². The van der Waals surface area contributed by atoms with Crippen LogP contribution in [0.25, 0.3) is 0 Å². The maximum Gasteiger partial charge on any atom is 0.416 e. The van der Waals surface area contributed by atoms with Gasteiger partial charge in [0.05, 0.1) is 11.3 Å². The van der Waals surface area contributed by atoms with Gasteiger partial charge in [0, 0.05) is 13.1 Å². The molecule has 25 heavy (non-hydrogen) atoms. The summed E-state index contributed by atoms with van der Waals surface area (Å²) < 4.78 is 71.3. The van der Waals surface area contributed by atoms with Gasteiger partial charge in [-0.3, -0.25) is 0 Å². The van der Waals surface area contributed by atoms with Crippen LogP contribution in [-0.4, -0.2) is 13.1 Å². The molecule has 0 atom stereocenters. The molecule has 0 bridgehead atoms. The van der Waals surface area contributed by atoms with Crippen molar-refractivity contribution < 1.29 is 26.7 Å². The number of rotatable bonds is 3. The Kier molecular flexibility index (Phi) is 4.58. The lowest BCUT2D eigenvalue weighted by Gasteiger charge is -2.22. The molecule has 1 saturated heterocycles. The van der Waals surface area contributed by atoms with Crippen LogP contribution in [0, 0.1) is 18.6 Å². The van der Waals surface area contributed by atoms with E-state index in [2.05, 4.69) is 0 Å². The number of halogens is 5. The molecule has 134 valence electrons. The normalized spacial score (nSPS) is 14.9. The lowest BCUT2D eigenvalue weighted by atomic mass is 10.1. The van der Waals surface area contributed by atoms with Gasteiger partial charge in [0.15, 0.2) is 23.1 Å². The molecule has 2 aromatic carbocycles. The molecule has 1 aliphatic heterocycles. The fourth-order valence-corrected chi connectivity index (χ4v) is 2.85. The average molecular weight is 357 g/mol. The third-order valence-corrected chi connectivity index (χ3v) is 4.10. The number of ether oxygens (including phenoxy) is 1. The lowest BCUT2D eigenvalue weighted by Crippen LogP contribution is -2.18. The smallest absolute Gasteiger partial charge is 0.416 e. The number of benzene rings is 2. The molecular weight excluding hydrogens is 341 g/mol. The van der Waals surface area contributed by atoms with Gasteiger partial charge < -0.3 is 9.64 Å². The molecule has 0 saturated carbocycles. The molecule has 0 amide bonds. The van der Waals surface area contributed by atoms with E-state index in [-0.39, 0.29) is 17.9 Å². The van der Waals surface area contributed by atoms with Crippen molar-refractivity contribution in [2.45, 2.75) is 25.9 Å². The van der Waals surface area contributed by atoms with Crippen molar-refractivity contribution in [3.05, 3.63) is 53.1 Å². The summed E-state index contributed by atoms with van der Waals surface area (Å²) in [6.07, 6.45) is -2.84. The van der Waals surface area contributed by atoms with Crippen LogP contribution in [0.3, 0.4) is 0 Å². The summed E-state index contributed by atoms with van der Waals surface area (Å²) in [5, 5.41) is 0. The molecule has 0 aliphatic carbocycles. The van der Waals surface area contributed by atoms with E-state index in [0.29, 0.717) is 5.69 Å². The summed E-state index contributed by atoms with van der Waals surface area (Å²) in [5.41, 5.74) is 0.234. The topological polar surface area (TPSA) is 12.5 Å². The standard InChI is InChI=1S/C18H16F5NO/c1-11-4-5-16(15(8-11)24-6-2-3-7-24)25-17-13(19)9-12(10-14(17)20)18(21,22)23/h4-5,8-10H,2-3,6-7H2,1H3. The van der Waals surface area contributed by atoms with E-state index in [1.165, 1.54) is 0 Å². The molecule has 1 fully saturated rings. The van der Waals surface area contributed by atoms with E-state index in [9.17, 15) is 22.0 Å². The second kappa shape index (κ2) is 6.54. The third-order valence-electron chi connectivity index (χ3n) is 4.10. The lowest BCUT2D eigenvalue weighted by molar-refractivity contribution is -0.138. The predicted molar refractivity (Wildman–Crippen MR) is 84.1 cm³/mol. The summed E-state index contributed by atoms with van der Waals surface area (Å²) >= 11 is 0. The Morgan fingerprint density at radius 3 is 2.12 bits per heavy atom. The zero-order valence-electron chi connectivity index (χ0n) is 13.5. The minimum atomic E-state index is -4.83. The molecule has 0 aromatic heterocycles. The minimum Gasteiger partial charge on any atom is -0.449 e. The monoisotopic (exact) mass is 357 g/mol. The van der Waals surface area contributed by atoms with Crippen molar-refractivity contribution >= 4 is 5.69 Å². The van der Waals surface area contributed by atoms with Gasteiger partial charge in [-0.1, -0.05) is 6.07 Å². The minimum absolute atomic E-state index is 0.213. The zero-order valence-corrected chi connectivity index (χ0v) is 13.5. The van der Waals surface area contributed by atoms with Crippen LogP contribution in [0.4, 0.5) is 27.6 Å². The quantitative estimate of drug-likeness (QED) is 0.655. The fourth-order valence-electron chi connectivity index (χ4n) is 2.85. The first-order chi connectivity index (χ1) is 11.8. The third kappa shape index (κ3) is 3.70.